The zero-order valence-corrected chi connectivity index (χ0v) is 13.5. The molecule has 1 aliphatic rings. The maximum atomic E-state index is 12.1. The molecule has 3 nitrogen and oxygen atoms in total. The number of rotatable bonds is 6. The lowest BCUT2D eigenvalue weighted by Crippen LogP contribution is -2.39. The van der Waals surface area contributed by atoms with Gasteiger partial charge in [0.1, 0.15) is 0 Å². The van der Waals surface area contributed by atoms with E-state index in [1.54, 1.807) is 0 Å². The highest BCUT2D eigenvalue weighted by atomic mass is 79.9. The molecule has 110 valence electrons. The lowest BCUT2D eigenvalue weighted by atomic mass is 10.0. The molecule has 1 aliphatic carbocycles. The largest absolute Gasteiger partial charge is 0.389 e. The Morgan fingerprint density at radius 2 is 1.90 bits per heavy atom. The molecule has 0 unspecified atom stereocenters. The van der Waals surface area contributed by atoms with Crippen LogP contribution in [0.15, 0.2) is 28.7 Å². The molecule has 0 heterocycles. The first-order valence-electron chi connectivity index (χ1n) is 7.18. The zero-order chi connectivity index (χ0) is 14.6. The maximum Gasteiger partial charge on any atom is 0.164 e. The standard InChI is InChI=1S/C16H22BrNO2/c1-18(12-16(20)9-2-3-10-16)11-8-15(19)13-4-6-14(17)7-5-13/h4-7,20H,2-3,8-12H2,1H3. The summed E-state index contributed by atoms with van der Waals surface area (Å²) in [6.45, 7) is 1.36. The molecule has 20 heavy (non-hydrogen) atoms. The predicted molar refractivity (Wildman–Crippen MR) is 84.0 cm³/mol. The quantitative estimate of drug-likeness (QED) is 0.808. The van der Waals surface area contributed by atoms with Crippen molar-refractivity contribution >= 4 is 21.7 Å². The summed E-state index contributed by atoms with van der Waals surface area (Å²) >= 11 is 3.36. The highest BCUT2D eigenvalue weighted by Gasteiger charge is 2.32. The minimum absolute atomic E-state index is 0.155. The molecule has 0 atom stereocenters. The van der Waals surface area contributed by atoms with E-state index in [1.165, 1.54) is 0 Å². The van der Waals surface area contributed by atoms with Gasteiger partial charge in [-0.25, -0.2) is 0 Å². The SMILES string of the molecule is CN(CCC(=O)c1ccc(Br)cc1)CC1(O)CCCC1. The third-order valence-corrected chi connectivity index (χ3v) is 4.51. The Morgan fingerprint density at radius 1 is 1.30 bits per heavy atom. The first-order chi connectivity index (χ1) is 9.48. The number of hydrogen-bond acceptors (Lipinski definition) is 3. The third kappa shape index (κ3) is 4.40. The number of benzene rings is 1. The van der Waals surface area contributed by atoms with Crippen molar-refractivity contribution in [2.24, 2.45) is 0 Å². The van der Waals surface area contributed by atoms with Crippen molar-refractivity contribution in [1.29, 1.82) is 0 Å². The molecule has 0 aromatic heterocycles. The molecule has 1 fully saturated rings. The van der Waals surface area contributed by atoms with E-state index in [1.807, 2.05) is 31.3 Å². The second-order valence-electron chi connectivity index (χ2n) is 5.85. The number of halogens is 1. The van der Waals surface area contributed by atoms with Crippen molar-refractivity contribution in [3.8, 4) is 0 Å². The highest BCUT2D eigenvalue weighted by Crippen LogP contribution is 2.29. The van der Waals surface area contributed by atoms with Crippen LogP contribution in [0.2, 0.25) is 0 Å². The van der Waals surface area contributed by atoms with Gasteiger partial charge in [0.25, 0.3) is 0 Å². The first kappa shape index (κ1) is 15.7. The van der Waals surface area contributed by atoms with Gasteiger partial charge in [0.15, 0.2) is 5.78 Å². The summed E-state index contributed by atoms with van der Waals surface area (Å²) in [5.74, 6) is 0.155. The second-order valence-corrected chi connectivity index (χ2v) is 6.76. The molecule has 2 rings (SSSR count). The Hall–Kier alpha value is -0.710. The van der Waals surface area contributed by atoms with Crippen molar-refractivity contribution in [3.63, 3.8) is 0 Å². The van der Waals surface area contributed by atoms with Gasteiger partial charge in [0, 0.05) is 29.5 Å². The van der Waals surface area contributed by atoms with E-state index in [4.69, 9.17) is 0 Å². The molecule has 0 bridgehead atoms. The number of nitrogens with zero attached hydrogens (tertiary/aromatic N) is 1. The van der Waals surface area contributed by atoms with E-state index in [-0.39, 0.29) is 5.78 Å². The van der Waals surface area contributed by atoms with E-state index < -0.39 is 5.60 Å². The topological polar surface area (TPSA) is 40.5 Å². The molecule has 0 saturated heterocycles. The van der Waals surface area contributed by atoms with Gasteiger partial charge in [-0.05, 0) is 32.0 Å². The first-order valence-corrected chi connectivity index (χ1v) is 7.97. The zero-order valence-electron chi connectivity index (χ0n) is 11.9. The Balaban J connectivity index is 1.79. The van der Waals surface area contributed by atoms with Gasteiger partial charge in [0.2, 0.25) is 0 Å². The van der Waals surface area contributed by atoms with E-state index in [2.05, 4.69) is 20.8 Å². The Labute approximate surface area is 129 Å². The van der Waals surface area contributed by atoms with Gasteiger partial charge >= 0.3 is 0 Å². The number of ketones is 1. The van der Waals surface area contributed by atoms with E-state index in [9.17, 15) is 9.90 Å². The van der Waals surface area contributed by atoms with Crippen LogP contribution < -0.4 is 0 Å². The van der Waals surface area contributed by atoms with Gasteiger partial charge in [-0.1, -0.05) is 40.9 Å². The van der Waals surface area contributed by atoms with Gasteiger partial charge in [-0.2, -0.15) is 0 Å². The number of aliphatic hydroxyl groups is 1. The van der Waals surface area contributed by atoms with Crippen LogP contribution in [0, 0.1) is 0 Å². The molecule has 0 aliphatic heterocycles. The fourth-order valence-corrected chi connectivity index (χ4v) is 3.11. The Morgan fingerprint density at radius 3 is 2.50 bits per heavy atom. The van der Waals surface area contributed by atoms with Crippen LogP contribution in [0.5, 0.6) is 0 Å². The molecule has 1 saturated carbocycles. The van der Waals surface area contributed by atoms with Crippen LogP contribution >= 0.6 is 15.9 Å². The average molecular weight is 340 g/mol. The van der Waals surface area contributed by atoms with Crippen molar-refractivity contribution in [2.75, 3.05) is 20.1 Å². The maximum absolute atomic E-state index is 12.1. The molecule has 1 aromatic carbocycles. The summed E-state index contributed by atoms with van der Waals surface area (Å²) < 4.78 is 0.981. The van der Waals surface area contributed by atoms with E-state index in [0.29, 0.717) is 19.5 Å². The van der Waals surface area contributed by atoms with Crippen LogP contribution in [0.4, 0.5) is 0 Å². The third-order valence-electron chi connectivity index (χ3n) is 3.99. The fourth-order valence-electron chi connectivity index (χ4n) is 2.85. The second kappa shape index (κ2) is 6.83. The van der Waals surface area contributed by atoms with Crippen molar-refractivity contribution in [3.05, 3.63) is 34.3 Å². The summed E-state index contributed by atoms with van der Waals surface area (Å²) in [7, 11) is 1.98. The number of likely N-dealkylation sites (N-methyl/N-ethyl adjacent to an activating group) is 1. The molecular weight excluding hydrogens is 318 g/mol. The van der Waals surface area contributed by atoms with Gasteiger partial charge in [-0.3, -0.25) is 4.79 Å². The molecule has 0 amide bonds. The number of carbonyl (C=O) groups is 1. The Kier molecular flexibility index (Phi) is 5.35. The van der Waals surface area contributed by atoms with Gasteiger partial charge < -0.3 is 10.0 Å². The summed E-state index contributed by atoms with van der Waals surface area (Å²) in [5.41, 5.74) is 0.219. The molecular formula is C16H22BrNO2. The number of carbonyl (C=O) groups excluding carboxylic acids is 1. The van der Waals surface area contributed by atoms with Crippen LogP contribution in [-0.4, -0.2) is 41.5 Å². The molecule has 4 heteroatoms. The summed E-state index contributed by atoms with van der Waals surface area (Å²) in [5, 5.41) is 10.3. The van der Waals surface area contributed by atoms with Gasteiger partial charge in [0.05, 0.1) is 5.60 Å². The number of hydrogen-bond donors (Lipinski definition) is 1. The van der Waals surface area contributed by atoms with E-state index >= 15 is 0 Å². The predicted octanol–water partition coefficient (Wildman–Crippen LogP) is 3.26. The summed E-state index contributed by atoms with van der Waals surface area (Å²) in [4.78, 5) is 14.1. The average Bonchev–Trinajstić information content (AvgIpc) is 2.83. The minimum atomic E-state index is -0.532. The lowest BCUT2D eigenvalue weighted by Gasteiger charge is -2.28. The van der Waals surface area contributed by atoms with Crippen LogP contribution in [-0.2, 0) is 0 Å². The number of Topliss-reactive ketones (excluding diaryl/α,β-unsaturated/α-hetero) is 1. The molecule has 1 N–H and O–H groups in total. The monoisotopic (exact) mass is 339 g/mol. The fraction of sp³-hybridized carbons (Fsp3) is 0.562. The smallest absolute Gasteiger partial charge is 0.164 e. The minimum Gasteiger partial charge on any atom is -0.389 e. The highest BCUT2D eigenvalue weighted by molar-refractivity contribution is 9.10. The van der Waals surface area contributed by atoms with Crippen LogP contribution in [0.1, 0.15) is 42.5 Å². The Bertz CT molecular complexity index is 452. The molecule has 0 radical (unpaired) electrons. The molecule has 1 aromatic rings. The molecule has 0 spiro atoms. The summed E-state index contributed by atoms with van der Waals surface area (Å²) in [6.07, 6.45) is 4.49. The van der Waals surface area contributed by atoms with Crippen molar-refractivity contribution in [1.82, 2.24) is 4.90 Å². The van der Waals surface area contributed by atoms with E-state index in [0.717, 1.165) is 35.7 Å². The van der Waals surface area contributed by atoms with Crippen LogP contribution in [0.25, 0.3) is 0 Å². The normalized spacial score (nSPS) is 17.6. The van der Waals surface area contributed by atoms with Crippen LogP contribution in [0.3, 0.4) is 0 Å². The lowest BCUT2D eigenvalue weighted by molar-refractivity contribution is 0.0162. The van der Waals surface area contributed by atoms with Gasteiger partial charge in [-0.15, -0.1) is 0 Å². The van der Waals surface area contributed by atoms with Crippen molar-refractivity contribution in [2.45, 2.75) is 37.7 Å². The summed E-state index contributed by atoms with van der Waals surface area (Å²) in [6, 6.07) is 7.46. The van der Waals surface area contributed by atoms with Crippen molar-refractivity contribution < 1.29 is 9.90 Å².